The van der Waals surface area contributed by atoms with Crippen molar-refractivity contribution in [1.29, 1.82) is 0 Å². The Morgan fingerprint density at radius 3 is 1.67 bits per heavy atom. The van der Waals surface area contributed by atoms with Crippen LogP contribution in [0.1, 0.15) is 22.3 Å². The summed E-state index contributed by atoms with van der Waals surface area (Å²) in [5, 5.41) is 0. The van der Waals surface area contributed by atoms with E-state index in [4.69, 9.17) is 0 Å². The molecule has 2 nitrogen and oxygen atoms in total. The van der Waals surface area contributed by atoms with E-state index in [9.17, 15) is 0 Å². The van der Waals surface area contributed by atoms with E-state index in [-0.39, 0.29) is 0 Å². The number of hydrogen-bond donors (Lipinski definition) is 0. The number of aromatic nitrogens is 2. The molecule has 0 radical (unpaired) electrons. The molecule has 0 aliphatic carbocycles. The van der Waals surface area contributed by atoms with Crippen LogP contribution in [0.2, 0.25) is 0 Å². The largest absolute Gasteiger partial charge is 0.245 e. The summed E-state index contributed by atoms with van der Waals surface area (Å²) in [6.45, 7) is 5.92. The lowest BCUT2D eigenvalue weighted by Gasteiger charge is -2.07. The smallest absolute Gasteiger partial charge is 0.225 e. The molecule has 2 heteroatoms. The second-order valence-corrected chi connectivity index (χ2v) is 8.77. The van der Waals surface area contributed by atoms with E-state index in [1.807, 2.05) is 0 Å². The van der Waals surface area contributed by atoms with Crippen LogP contribution in [0, 0.1) is 13.8 Å². The number of benzene rings is 4. The molecule has 5 rings (SSSR count). The van der Waals surface area contributed by atoms with Gasteiger partial charge in [-0.3, -0.25) is 0 Å². The van der Waals surface area contributed by atoms with Crippen LogP contribution in [0.15, 0.2) is 116 Å². The average Bonchev–Trinajstić information content (AvgIpc) is 3.20. The van der Waals surface area contributed by atoms with E-state index in [1.54, 1.807) is 0 Å². The van der Waals surface area contributed by atoms with Crippen molar-refractivity contribution in [3.8, 4) is 22.5 Å². The van der Waals surface area contributed by atoms with Gasteiger partial charge < -0.3 is 0 Å². The van der Waals surface area contributed by atoms with Crippen molar-refractivity contribution < 1.29 is 4.57 Å². The van der Waals surface area contributed by atoms with Gasteiger partial charge in [-0.05, 0) is 25.0 Å². The Kier molecular flexibility index (Phi) is 5.91. The van der Waals surface area contributed by atoms with Crippen LogP contribution in [0.25, 0.3) is 22.5 Å². The third kappa shape index (κ3) is 4.65. The number of imidazole rings is 1. The molecule has 5 aromatic rings. The van der Waals surface area contributed by atoms with E-state index in [2.05, 4.69) is 139 Å². The highest BCUT2D eigenvalue weighted by Gasteiger charge is 2.26. The van der Waals surface area contributed by atoms with Crippen molar-refractivity contribution in [3.05, 3.63) is 138 Å². The Hall–Kier alpha value is -3.91. The zero-order chi connectivity index (χ0) is 22.6. The molecule has 0 spiro atoms. The Morgan fingerprint density at radius 2 is 1.09 bits per heavy atom. The second kappa shape index (κ2) is 9.30. The minimum absolute atomic E-state index is 0.825. The summed E-state index contributed by atoms with van der Waals surface area (Å²) in [7, 11) is 0. The molecular weight excluding hydrogens is 400 g/mol. The summed E-state index contributed by atoms with van der Waals surface area (Å²) in [6, 6.07) is 39.2. The molecule has 0 saturated carbocycles. The first-order valence-electron chi connectivity index (χ1n) is 11.5. The number of aryl methyl sites for hydroxylation is 2. The molecular formula is C31H29N2+. The molecule has 0 atom stereocenters. The molecule has 33 heavy (non-hydrogen) atoms. The zero-order valence-electron chi connectivity index (χ0n) is 19.3. The van der Waals surface area contributed by atoms with Crippen LogP contribution in [0.4, 0.5) is 0 Å². The number of hydrogen-bond acceptors (Lipinski definition) is 0. The van der Waals surface area contributed by atoms with Crippen molar-refractivity contribution >= 4 is 0 Å². The van der Waals surface area contributed by atoms with Crippen molar-refractivity contribution in [2.75, 3.05) is 0 Å². The molecule has 0 unspecified atom stereocenters. The zero-order valence-corrected chi connectivity index (χ0v) is 19.3. The van der Waals surface area contributed by atoms with Crippen molar-refractivity contribution in [2.45, 2.75) is 26.9 Å². The molecule has 1 aromatic heterocycles. The maximum Gasteiger partial charge on any atom is 0.245 e. The van der Waals surface area contributed by atoms with Crippen LogP contribution < -0.4 is 4.57 Å². The molecule has 0 N–H and O–H groups in total. The predicted octanol–water partition coefficient (Wildman–Crippen LogP) is 6.82. The van der Waals surface area contributed by atoms with Crippen LogP contribution >= 0.6 is 0 Å². The molecule has 0 aliphatic rings. The van der Waals surface area contributed by atoms with Crippen molar-refractivity contribution in [3.63, 3.8) is 0 Å². The predicted molar refractivity (Wildman–Crippen MR) is 136 cm³/mol. The second-order valence-electron chi connectivity index (χ2n) is 8.77. The van der Waals surface area contributed by atoms with Crippen LogP contribution in [0.5, 0.6) is 0 Å². The highest BCUT2D eigenvalue weighted by atomic mass is 15.1. The maximum atomic E-state index is 2.40. The van der Waals surface area contributed by atoms with E-state index in [1.165, 1.54) is 44.8 Å². The summed E-state index contributed by atoms with van der Waals surface area (Å²) < 4.78 is 4.80. The van der Waals surface area contributed by atoms with Gasteiger partial charge in [0.2, 0.25) is 6.33 Å². The van der Waals surface area contributed by atoms with Crippen LogP contribution in [-0.4, -0.2) is 4.57 Å². The summed E-state index contributed by atoms with van der Waals surface area (Å²) in [4.78, 5) is 0. The summed E-state index contributed by atoms with van der Waals surface area (Å²) in [5.74, 6) is 0. The van der Waals surface area contributed by atoms with Gasteiger partial charge >= 0.3 is 0 Å². The lowest BCUT2D eigenvalue weighted by Crippen LogP contribution is -2.34. The lowest BCUT2D eigenvalue weighted by molar-refractivity contribution is -0.677. The summed E-state index contributed by atoms with van der Waals surface area (Å²) >= 11 is 0. The van der Waals surface area contributed by atoms with Crippen molar-refractivity contribution in [1.82, 2.24) is 4.57 Å². The Morgan fingerprint density at radius 1 is 0.576 bits per heavy atom. The van der Waals surface area contributed by atoms with Gasteiger partial charge in [0.25, 0.3) is 0 Å². The monoisotopic (exact) mass is 429 g/mol. The molecule has 4 aromatic carbocycles. The Balaban J connectivity index is 1.69. The van der Waals surface area contributed by atoms with Gasteiger partial charge in [-0.25, -0.2) is 9.13 Å². The molecule has 1 heterocycles. The van der Waals surface area contributed by atoms with Gasteiger partial charge in [-0.15, -0.1) is 0 Å². The first-order valence-corrected chi connectivity index (χ1v) is 11.5. The molecule has 0 saturated heterocycles. The highest BCUT2D eigenvalue weighted by molar-refractivity contribution is 5.76. The number of rotatable bonds is 6. The van der Waals surface area contributed by atoms with Gasteiger partial charge in [-0.2, -0.15) is 0 Å². The molecule has 0 bridgehead atoms. The fraction of sp³-hybridized carbons (Fsp3) is 0.129. The Bertz CT molecular complexity index is 1220. The fourth-order valence-electron chi connectivity index (χ4n) is 4.37. The minimum Gasteiger partial charge on any atom is -0.225 e. The average molecular weight is 430 g/mol. The van der Waals surface area contributed by atoms with Crippen LogP contribution in [0.3, 0.4) is 0 Å². The number of nitrogens with zero attached hydrogens (tertiary/aromatic N) is 2. The van der Waals surface area contributed by atoms with Gasteiger partial charge in [0.05, 0.1) is 0 Å². The first-order chi connectivity index (χ1) is 16.2. The summed E-state index contributed by atoms with van der Waals surface area (Å²) in [6.07, 6.45) is 2.28. The Labute approximate surface area is 196 Å². The summed E-state index contributed by atoms with van der Waals surface area (Å²) in [5.41, 5.74) is 10.1. The molecule has 162 valence electrons. The van der Waals surface area contributed by atoms with Gasteiger partial charge in [-0.1, -0.05) is 120 Å². The van der Waals surface area contributed by atoms with E-state index >= 15 is 0 Å². The molecule has 0 aliphatic heterocycles. The third-order valence-electron chi connectivity index (χ3n) is 6.12. The standard InChI is InChI=1S/C31H29N2/c1-24-13-17-26(18-14-24)21-32-23-33(22-27-19-15-25(2)16-20-27)31(29-11-7-4-8-12-29)30(32)28-9-5-3-6-10-28/h3-20,23H,21-22H2,1-2H3/q+1. The van der Waals surface area contributed by atoms with E-state index in [0.29, 0.717) is 0 Å². The van der Waals surface area contributed by atoms with Crippen LogP contribution in [-0.2, 0) is 13.1 Å². The molecule has 0 amide bonds. The highest BCUT2D eigenvalue weighted by Crippen LogP contribution is 2.31. The van der Waals surface area contributed by atoms with Crippen molar-refractivity contribution in [2.24, 2.45) is 0 Å². The fourth-order valence-corrected chi connectivity index (χ4v) is 4.37. The lowest BCUT2D eigenvalue weighted by atomic mass is 10.0. The first kappa shape index (κ1) is 21.0. The van der Waals surface area contributed by atoms with Gasteiger partial charge in [0.15, 0.2) is 11.4 Å². The van der Waals surface area contributed by atoms with Gasteiger partial charge in [0.1, 0.15) is 13.1 Å². The molecule has 0 fully saturated rings. The third-order valence-corrected chi connectivity index (χ3v) is 6.12. The van der Waals surface area contributed by atoms with Gasteiger partial charge in [0, 0.05) is 11.1 Å². The van der Waals surface area contributed by atoms with E-state index in [0.717, 1.165) is 13.1 Å². The SMILES string of the molecule is Cc1ccc(Cn2c[n+](Cc3ccc(C)cc3)c(-c3ccccc3)c2-c2ccccc2)cc1. The minimum atomic E-state index is 0.825. The quantitative estimate of drug-likeness (QED) is 0.262. The van der Waals surface area contributed by atoms with E-state index < -0.39 is 0 Å². The topological polar surface area (TPSA) is 8.81 Å². The normalized spacial score (nSPS) is 11.0. The maximum absolute atomic E-state index is 2.40.